The Kier molecular flexibility index (Phi) is 12.1. The maximum Gasteiger partial charge on any atom is 0.245 e. The van der Waals surface area contributed by atoms with Gasteiger partial charge in [-0.15, -0.1) is 0 Å². The molecule has 1 unspecified atom stereocenters. The Morgan fingerprint density at radius 3 is 2.37 bits per heavy atom. The highest BCUT2D eigenvalue weighted by atomic mass is 16.7. The van der Waals surface area contributed by atoms with Crippen molar-refractivity contribution in [2.45, 2.75) is 77.0 Å². The lowest BCUT2D eigenvalue weighted by Crippen LogP contribution is -2.55. The number of epoxide rings is 1. The van der Waals surface area contributed by atoms with E-state index in [1.165, 1.54) is 7.11 Å². The first kappa shape index (κ1) is 26.5. The standard InChI is InChI=1S/C21H38N2O7/c1-5-6-7-8-9-18(25)22-17(11-24)20(27)23-16(10-15(2)3)19(26)21(13-30-21)12-29-14-28-4/h15-17,24H,5-14H2,1-4H3,(H,22,25)(H,23,27)/t16?,17-,21+/m0/s1. The van der Waals surface area contributed by atoms with Gasteiger partial charge in [-0.05, 0) is 18.8 Å². The lowest BCUT2D eigenvalue weighted by molar-refractivity contribution is -0.136. The van der Waals surface area contributed by atoms with Gasteiger partial charge in [-0.3, -0.25) is 14.4 Å². The summed E-state index contributed by atoms with van der Waals surface area (Å²) in [5.74, 6) is -1.02. The lowest BCUT2D eigenvalue weighted by atomic mass is 9.92. The Hall–Kier alpha value is -1.55. The van der Waals surface area contributed by atoms with Crippen molar-refractivity contribution in [3.8, 4) is 0 Å². The third-order valence-corrected chi connectivity index (χ3v) is 4.91. The number of aliphatic hydroxyl groups excluding tert-OH is 1. The van der Waals surface area contributed by atoms with Gasteiger partial charge in [0.25, 0.3) is 0 Å². The fraction of sp³-hybridized carbons (Fsp3) is 0.857. The number of ether oxygens (including phenoxy) is 3. The van der Waals surface area contributed by atoms with E-state index in [0.29, 0.717) is 12.8 Å². The number of methoxy groups -OCH3 is 1. The van der Waals surface area contributed by atoms with Gasteiger partial charge in [-0.1, -0.05) is 40.0 Å². The third kappa shape index (κ3) is 9.07. The summed E-state index contributed by atoms with van der Waals surface area (Å²) in [6.45, 7) is 5.72. The number of rotatable bonds is 17. The van der Waals surface area contributed by atoms with Crippen LogP contribution in [0.5, 0.6) is 0 Å². The van der Waals surface area contributed by atoms with Crippen LogP contribution in [0.1, 0.15) is 59.3 Å². The number of amides is 2. The fourth-order valence-electron chi connectivity index (χ4n) is 3.14. The molecule has 30 heavy (non-hydrogen) atoms. The molecule has 1 saturated heterocycles. The second kappa shape index (κ2) is 13.7. The topological polar surface area (TPSA) is 126 Å². The van der Waals surface area contributed by atoms with Gasteiger partial charge in [0.1, 0.15) is 12.8 Å². The minimum atomic E-state index is -1.10. The van der Waals surface area contributed by atoms with E-state index in [-0.39, 0.29) is 37.6 Å². The van der Waals surface area contributed by atoms with Crippen LogP contribution in [0.3, 0.4) is 0 Å². The van der Waals surface area contributed by atoms with Gasteiger partial charge in [0, 0.05) is 13.5 Å². The number of Topliss-reactive ketones (excluding diaryl/α,β-unsaturated/α-hetero) is 1. The fourth-order valence-corrected chi connectivity index (χ4v) is 3.14. The molecule has 0 aromatic rings. The van der Waals surface area contributed by atoms with Crippen LogP contribution in [-0.2, 0) is 28.6 Å². The van der Waals surface area contributed by atoms with E-state index in [2.05, 4.69) is 17.6 Å². The minimum absolute atomic E-state index is 0.0382. The highest BCUT2D eigenvalue weighted by molar-refractivity contribution is 5.98. The molecular weight excluding hydrogens is 392 g/mol. The average molecular weight is 431 g/mol. The largest absolute Gasteiger partial charge is 0.394 e. The molecule has 0 bridgehead atoms. The van der Waals surface area contributed by atoms with E-state index in [1.807, 2.05) is 13.8 Å². The number of nitrogens with one attached hydrogen (secondary N) is 2. The van der Waals surface area contributed by atoms with Crippen molar-refractivity contribution in [1.82, 2.24) is 10.6 Å². The highest BCUT2D eigenvalue weighted by Crippen LogP contribution is 2.31. The molecule has 0 radical (unpaired) electrons. The number of ketones is 1. The number of hydrogen-bond acceptors (Lipinski definition) is 7. The van der Waals surface area contributed by atoms with Crippen LogP contribution in [0, 0.1) is 5.92 Å². The first-order chi connectivity index (χ1) is 14.3. The molecule has 1 heterocycles. The molecule has 1 fully saturated rings. The summed E-state index contributed by atoms with van der Waals surface area (Å²) in [6, 6.07) is -1.91. The summed E-state index contributed by atoms with van der Waals surface area (Å²) in [7, 11) is 1.48. The Balaban J connectivity index is 2.67. The maximum atomic E-state index is 13.0. The highest BCUT2D eigenvalue weighted by Gasteiger charge is 2.55. The molecule has 9 nitrogen and oxygen atoms in total. The minimum Gasteiger partial charge on any atom is -0.394 e. The van der Waals surface area contributed by atoms with E-state index in [9.17, 15) is 19.5 Å². The Morgan fingerprint density at radius 1 is 1.13 bits per heavy atom. The Morgan fingerprint density at radius 2 is 1.83 bits per heavy atom. The SMILES string of the molecule is CCCCCCC(=O)N[C@@H](CO)C(=O)NC(CC(C)C)C(=O)[C@@]1(COCOC)CO1. The monoisotopic (exact) mass is 430 g/mol. The summed E-state index contributed by atoms with van der Waals surface area (Å²) in [4.78, 5) is 37.8. The third-order valence-electron chi connectivity index (χ3n) is 4.91. The van der Waals surface area contributed by atoms with Gasteiger partial charge in [-0.2, -0.15) is 0 Å². The summed E-state index contributed by atoms with van der Waals surface area (Å²) in [6.07, 6.45) is 4.49. The zero-order valence-electron chi connectivity index (χ0n) is 18.7. The quantitative estimate of drug-likeness (QED) is 0.178. The van der Waals surface area contributed by atoms with Crippen molar-refractivity contribution in [3.63, 3.8) is 0 Å². The Bertz CT molecular complexity index is 549. The van der Waals surface area contributed by atoms with E-state index in [1.54, 1.807) is 0 Å². The van der Waals surface area contributed by atoms with Gasteiger partial charge >= 0.3 is 0 Å². The summed E-state index contributed by atoms with van der Waals surface area (Å²) >= 11 is 0. The van der Waals surface area contributed by atoms with Crippen molar-refractivity contribution in [1.29, 1.82) is 0 Å². The van der Waals surface area contributed by atoms with Gasteiger partial charge < -0.3 is 30.0 Å². The van der Waals surface area contributed by atoms with Crippen molar-refractivity contribution >= 4 is 17.6 Å². The Labute approximate surface area is 179 Å². The molecule has 0 aromatic heterocycles. The molecular formula is C21H38N2O7. The van der Waals surface area contributed by atoms with Crippen molar-refractivity contribution in [2.75, 3.05) is 33.7 Å². The van der Waals surface area contributed by atoms with Crippen LogP contribution < -0.4 is 10.6 Å². The second-order valence-electron chi connectivity index (χ2n) is 8.21. The van der Waals surface area contributed by atoms with Gasteiger partial charge in [0.2, 0.25) is 11.8 Å². The van der Waals surface area contributed by atoms with Crippen LogP contribution in [0.25, 0.3) is 0 Å². The molecule has 174 valence electrons. The normalized spacial score (nSPS) is 19.9. The van der Waals surface area contributed by atoms with Crippen molar-refractivity contribution in [3.05, 3.63) is 0 Å². The number of unbranched alkanes of at least 4 members (excludes halogenated alkanes) is 3. The van der Waals surface area contributed by atoms with Crippen LogP contribution in [0.2, 0.25) is 0 Å². The molecule has 1 aliphatic heterocycles. The molecule has 1 aliphatic rings. The van der Waals surface area contributed by atoms with Crippen LogP contribution in [0.4, 0.5) is 0 Å². The molecule has 9 heteroatoms. The second-order valence-corrected chi connectivity index (χ2v) is 8.21. The van der Waals surface area contributed by atoms with E-state index in [0.717, 1.165) is 25.7 Å². The maximum absolute atomic E-state index is 13.0. The number of hydrogen-bond donors (Lipinski definition) is 3. The van der Waals surface area contributed by atoms with Crippen LogP contribution in [-0.4, -0.2) is 74.1 Å². The predicted octanol–water partition coefficient (Wildman–Crippen LogP) is 0.923. The van der Waals surface area contributed by atoms with Crippen LogP contribution >= 0.6 is 0 Å². The lowest BCUT2D eigenvalue weighted by Gasteiger charge is -2.25. The molecule has 0 spiro atoms. The molecule has 3 atom stereocenters. The summed E-state index contributed by atoms with van der Waals surface area (Å²) in [5, 5.41) is 14.8. The molecule has 0 aromatic carbocycles. The van der Waals surface area contributed by atoms with E-state index >= 15 is 0 Å². The van der Waals surface area contributed by atoms with Gasteiger partial charge in [0.05, 0.1) is 25.9 Å². The van der Waals surface area contributed by atoms with Gasteiger partial charge in [-0.25, -0.2) is 0 Å². The zero-order valence-corrected chi connectivity index (χ0v) is 18.7. The molecule has 0 saturated carbocycles. The zero-order chi connectivity index (χ0) is 22.6. The van der Waals surface area contributed by atoms with E-state index < -0.39 is 30.2 Å². The summed E-state index contributed by atoms with van der Waals surface area (Å²) < 4.78 is 15.5. The first-order valence-electron chi connectivity index (χ1n) is 10.7. The average Bonchev–Trinajstić information content (AvgIpc) is 3.49. The molecule has 0 aliphatic carbocycles. The van der Waals surface area contributed by atoms with Crippen molar-refractivity contribution in [2.24, 2.45) is 5.92 Å². The molecule has 1 rings (SSSR count). The summed E-state index contributed by atoms with van der Waals surface area (Å²) in [5.41, 5.74) is -1.08. The van der Waals surface area contributed by atoms with Crippen molar-refractivity contribution < 1.29 is 33.7 Å². The first-order valence-corrected chi connectivity index (χ1v) is 10.7. The van der Waals surface area contributed by atoms with Crippen LogP contribution in [0.15, 0.2) is 0 Å². The smallest absolute Gasteiger partial charge is 0.245 e. The van der Waals surface area contributed by atoms with Gasteiger partial charge in [0.15, 0.2) is 11.4 Å². The number of carbonyl (C=O) groups excluding carboxylic acids is 3. The molecule has 2 amide bonds. The number of carbonyl (C=O) groups is 3. The number of aliphatic hydroxyl groups is 1. The molecule has 3 N–H and O–H groups in total. The predicted molar refractivity (Wildman–Crippen MR) is 111 cm³/mol. The van der Waals surface area contributed by atoms with E-state index in [4.69, 9.17) is 14.2 Å².